The van der Waals surface area contributed by atoms with Gasteiger partial charge in [0, 0.05) is 5.75 Å². The predicted octanol–water partition coefficient (Wildman–Crippen LogP) is 2.30. The lowest BCUT2D eigenvalue weighted by molar-refractivity contribution is -0.141. The molecule has 0 aromatic heterocycles. The molecule has 1 amide bonds. The van der Waals surface area contributed by atoms with Crippen molar-refractivity contribution in [2.45, 2.75) is 31.2 Å². The Hall–Kier alpha value is -1.76. The van der Waals surface area contributed by atoms with Crippen LogP contribution >= 0.6 is 11.8 Å². The van der Waals surface area contributed by atoms with E-state index in [-0.39, 0.29) is 16.7 Å². The maximum Gasteiger partial charge on any atom is 0.327 e. The van der Waals surface area contributed by atoms with Crippen molar-refractivity contribution in [1.82, 2.24) is 4.90 Å². The van der Waals surface area contributed by atoms with Crippen LogP contribution in [0.4, 0.5) is 4.39 Å². The molecule has 2 N–H and O–H groups in total. The quantitative estimate of drug-likeness (QED) is 0.892. The average Bonchev–Trinajstić information content (AvgIpc) is 2.85. The van der Waals surface area contributed by atoms with Crippen molar-refractivity contribution in [2.24, 2.45) is 0 Å². The Labute approximate surface area is 125 Å². The first-order valence-electron chi connectivity index (χ1n) is 6.61. The summed E-state index contributed by atoms with van der Waals surface area (Å²) in [5.74, 6) is -2.45. The Kier molecular flexibility index (Phi) is 4.72. The van der Waals surface area contributed by atoms with Crippen molar-refractivity contribution in [1.29, 1.82) is 0 Å². The fourth-order valence-electron chi connectivity index (χ4n) is 2.31. The average molecular weight is 313 g/mol. The molecule has 0 radical (unpaired) electrons. The number of carboxylic acid groups (broad SMARTS) is 1. The number of hydrogen-bond acceptors (Lipinski definition) is 4. The normalized spacial score (nSPS) is 21.5. The molecule has 1 aliphatic heterocycles. The lowest BCUT2D eigenvalue weighted by Gasteiger charge is -2.27. The van der Waals surface area contributed by atoms with Gasteiger partial charge < -0.3 is 15.1 Å². The van der Waals surface area contributed by atoms with E-state index in [1.807, 2.05) is 6.92 Å². The predicted molar refractivity (Wildman–Crippen MR) is 76.8 cm³/mol. The van der Waals surface area contributed by atoms with Crippen LogP contribution in [0.1, 0.15) is 30.1 Å². The van der Waals surface area contributed by atoms with Gasteiger partial charge in [0.1, 0.15) is 17.6 Å². The van der Waals surface area contributed by atoms with Crippen LogP contribution in [0.25, 0.3) is 0 Å². The van der Waals surface area contributed by atoms with Crippen LogP contribution in [-0.2, 0) is 4.79 Å². The van der Waals surface area contributed by atoms with Gasteiger partial charge in [0.2, 0.25) is 0 Å². The molecule has 7 heteroatoms. The van der Waals surface area contributed by atoms with Crippen LogP contribution in [-0.4, -0.2) is 44.2 Å². The van der Waals surface area contributed by atoms with Crippen LogP contribution in [0.15, 0.2) is 18.2 Å². The molecule has 1 aromatic rings. The summed E-state index contributed by atoms with van der Waals surface area (Å²) in [6.07, 6.45) is 1.44. The first-order chi connectivity index (χ1) is 9.95. The number of carbonyl (C=O) groups excluding carboxylic acids is 1. The molecule has 21 heavy (non-hydrogen) atoms. The zero-order valence-corrected chi connectivity index (χ0v) is 12.3. The molecule has 5 nitrogen and oxygen atoms in total. The van der Waals surface area contributed by atoms with Gasteiger partial charge in [-0.1, -0.05) is 13.3 Å². The summed E-state index contributed by atoms with van der Waals surface area (Å²) in [7, 11) is 0. The van der Waals surface area contributed by atoms with Gasteiger partial charge in [-0.2, -0.15) is 0 Å². The number of benzene rings is 1. The Morgan fingerprint density at radius 3 is 2.81 bits per heavy atom. The Morgan fingerprint density at radius 1 is 1.48 bits per heavy atom. The minimum atomic E-state index is -1.09. The summed E-state index contributed by atoms with van der Waals surface area (Å²) in [6.45, 7) is 1.94. The van der Waals surface area contributed by atoms with Gasteiger partial charge in [-0.15, -0.1) is 11.8 Å². The highest BCUT2D eigenvalue weighted by atomic mass is 32.2. The molecule has 114 valence electrons. The minimum Gasteiger partial charge on any atom is -0.507 e. The lowest BCUT2D eigenvalue weighted by Crippen LogP contribution is -2.45. The summed E-state index contributed by atoms with van der Waals surface area (Å²) in [5.41, 5.74) is -0.204. The number of aliphatic carboxylic acids is 1. The second-order valence-electron chi connectivity index (χ2n) is 4.80. The third-order valence-electron chi connectivity index (χ3n) is 3.34. The Balaban J connectivity index is 2.36. The Morgan fingerprint density at radius 2 is 2.19 bits per heavy atom. The summed E-state index contributed by atoms with van der Waals surface area (Å²) in [6, 6.07) is 2.11. The monoisotopic (exact) mass is 313 g/mol. The molecule has 2 rings (SSSR count). The lowest BCUT2D eigenvalue weighted by atomic mass is 10.1. The van der Waals surface area contributed by atoms with Crippen molar-refractivity contribution < 1.29 is 24.2 Å². The third kappa shape index (κ3) is 3.12. The molecule has 0 aliphatic carbocycles. The van der Waals surface area contributed by atoms with Crippen molar-refractivity contribution in [3.05, 3.63) is 29.6 Å². The van der Waals surface area contributed by atoms with Crippen molar-refractivity contribution in [3.8, 4) is 5.75 Å². The first kappa shape index (κ1) is 15.6. The smallest absolute Gasteiger partial charge is 0.327 e. The molecule has 2 atom stereocenters. The van der Waals surface area contributed by atoms with E-state index >= 15 is 0 Å². The number of aromatic hydroxyl groups is 1. The molecule has 0 spiro atoms. The summed E-state index contributed by atoms with van der Waals surface area (Å²) < 4.78 is 13.3. The zero-order valence-electron chi connectivity index (χ0n) is 11.5. The van der Waals surface area contributed by atoms with Crippen LogP contribution < -0.4 is 0 Å². The number of halogens is 1. The van der Waals surface area contributed by atoms with Crippen molar-refractivity contribution >= 4 is 23.6 Å². The summed E-state index contributed by atoms with van der Waals surface area (Å²) in [4.78, 5) is 25.1. The number of thioether (sulfide) groups is 1. The van der Waals surface area contributed by atoms with E-state index in [2.05, 4.69) is 0 Å². The van der Waals surface area contributed by atoms with Gasteiger partial charge in [0.05, 0.1) is 10.9 Å². The molecule has 0 bridgehead atoms. The fourth-order valence-corrected chi connectivity index (χ4v) is 3.83. The van der Waals surface area contributed by atoms with Gasteiger partial charge in [0.15, 0.2) is 0 Å². The number of phenols is 1. The molecule has 1 fully saturated rings. The van der Waals surface area contributed by atoms with Gasteiger partial charge in [-0.25, -0.2) is 9.18 Å². The van der Waals surface area contributed by atoms with Gasteiger partial charge in [-0.05, 0) is 24.6 Å². The summed E-state index contributed by atoms with van der Waals surface area (Å²) in [5, 5.41) is 18.7. The largest absolute Gasteiger partial charge is 0.507 e. The summed E-state index contributed by atoms with van der Waals surface area (Å²) >= 11 is 1.39. The number of carboxylic acids is 1. The molecular formula is C14H16FNO4S. The molecule has 0 saturated carbocycles. The van der Waals surface area contributed by atoms with Crippen molar-refractivity contribution in [2.75, 3.05) is 5.75 Å². The van der Waals surface area contributed by atoms with E-state index < -0.39 is 23.7 Å². The number of hydrogen-bond donors (Lipinski definition) is 2. The van der Waals surface area contributed by atoms with Crippen molar-refractivity contribution in [3.63, 3.8) is 0 Å². The minimum absolute atomic E-state index is 0.204. The molecule has 1 saturated heterocycles. The van der Waals surface area contributed by atoms with E-state index in [0.29, 0.717) is 12.2 Å². The topological polar surface area (TPSA) is 77.8 Å². The van der Waals surface area contributed by atoms with Crippen LogP contribution in [0.2, 0.25) is 0 Å². The standard InChI is InChI=1S/C14H16FNO4S/c1-2-3-12-16(10(7-21-12)14(19)20)13(18)9-6-8(15)4-5-11(9)17/h4-6,10,12,17H,2-3,7H2,1H3,(H,19,20). The van der Waals surface area contributed by atoms with E-state index in [0.717, 1.165) is 24.6 Å². The molecular weight excluding hydrogens is 297 g/mol. The second kappa shape index (κ2) is 6.34. The molecule has 2 unspecified atom stereocenters. The number of phenolic OH excluding ortho intramolecular Hbond substituents is 1. The van der Waals surface area contributed by atoms with E-state index in [9.17, 15) is 24.2 Å². The maximum atomic E-state index is 13.3. The molecule has 1 aliphatic rings. The number of rotatable bonds is 4. The SMILES string of the molecule is CCCC1SCC(C(=O)O)N1C(=O)c1cc(F)ccc1O. The van der Waals surface area contributed by atoms with E-state index in [4.69, 9.17) is 0 Å². The first-order valence-corrected chi connectivity index (χ1v) is 7.66. The van der Waals surface area contributed by atoms with E-state index in [1.54, 1.807) is 0 Å². The highest BCUT2D eigenvalue weighted by molar-refractivity contribution is 8.00. The number of amides is 1. The number of carbonyl (C=O) groups is 2. The van der Waals surface area contributed by atoms with Crippen LogP contribution in [0.5, 0.6) is 5.75 Å². The highest BCUT2D eigenvalue weighted by Crippen LogP contribution is 2.35. The second-order valence-corrected chi connectivity index (χ2v) is 6.02. The molecule has 1 heterocycles. The zero-order chi connectivity index (χ0) is 15.6. The van der Waals surface area contributed by atoms with Gasteiger partial charge in [0.25, 0.3) is 5.91 Å². The van der Waals surface area contributed by atoms with Crippen LogP contribution in [0, 0.1) is 5.82 Å². The third-order valence-corrected chi connectivity index (χ3v) is 4.69. The van der Waals surface area contributed by atoms with Gasteiger partial charge in [-0.3, -0.25) is 4.79 Å². The van der Waals surface area contributed by atoms with Crippen LogP contribution in [0.3, 0.4) is 0 Å². The number of nitrogens with zero attached hydrogens (tertiary/aromatic N) is 1. The Bertz CT molecular complexity index is 566. The van der Waals surface area contributed by atoms with Gasteiger partial charge >= 0.3 is 5.97 Å². The molecule has 1 aromatic carbocycles. The van der Waals surface area contributed by atoms with E-state index in [1.165, 1.54) is 16.7 Å². The fraction of sp³-hybridized carbons (Fsp3) is 0.429. The maximum absolute atomic E-state index is 13.3. The highest BCUT2D eigenvalue weighted by Gasteiger charge is 2.42.